The van der Waals surface area contributed by atoms with E-state index in [1.54, 1.807) is 24.5 Å². The highest BCUT2D eigenvalue weighted by molar-refractivity contribution is 5.89. The predicted octanol–water partition coefficient (Wildman–Crippen LogP) is 4.24. The second kappa shape index (κ2) is 12.7. The van der Waals surface area contributed by atoms with Gasteiger partial charge in [-0.15, -0.1) is 0 Å². The molecule has 0 unspecified atom stereocenters. The molecule has 3 N–H and O–H groups in total. The van der Waals surface area contributed by atoms with Crippen molar-refractivity contribution >= 4 is 17.6 Å². The van der Waals surface area contributed by atoms with Gasteiger partial charge >= 0.3 is 6.03 Å². The zero-order valence-electron chi connectivity index (χ0n) is 17.9. The molecule has 7 nitrogen and oxygen atoms in total. The van der Waals surface area contributed by atoms with Gasteiger partial charge < -0.3 is 20.7 Å². The van der Waals surface area contributed by atoms with Crippen LogP contribution in [-0.4, -0.2) is 36.6 Å². The van der Waals surface area contributed by atoms with E-state index >= 15 is 0 Å². The number of hydrogen-bond acceptors (Lipinski definition) is 4. The van der Waals surface area contributed by atoms with Crippen LogP contribution < -0.4 is 20.7 Å². The lowest BCUT2D eigenvalue weighted by Crippen LogP contribution is -2.30. The van der Waals surface area contributed by atoms with Gasteiger partial charge in [0.25, 0.3) is 5.91 Å². The Morgan fingerprint density at radius 3 is 2.25 bits per heavy atom. The van der Waals surface area contributed by atoms with Gasteiger partial charge in [0.2, 0.25) is 0 Å². The second-order valence-electron chi connectivity index (χ2n) is 7.18. The van der Waals surface area contributed by atoms with Crippen LogP contribution in [0.5, 0.6) is 5.75 Å². The number of nitrogens with zero attached hydrogens (tertiary/aromatic N) is 1. The van der Waals surface area contributed by atoms with Crippen molar-refractivity contribution in [1.29, 1.82) is 0 Å². The van der Waals surface area contributed by atoms with Crippen molar-refractivity contribution in [3.8, 4) is 16.9 Å². The van der Waals surface area contributed by atoms with Gasteiger partial charge in [0.15, 0.2) is 6.61 Å². The predicted molar refractivity (Wildman–Crippen MR) is 125 cm³/mol. The molecule has 3 amide bonds. The Bertz CT molecular complexity index is 981. The number of ether oxygens (including phenoxy) is 1. The van der Waals surface area contributed by atoms with Crippen molar-refractivity contribution in [2.45, 2.75) is 19.3 Å². The Balaban J connectivity index is 1.27. The van der Waals surface area contributed by atoms with Crippen LogP contribution in [0, 0.1) is 0 Å². The number of rotatable bonds is 11. The minimum absolute atomic E-state index is 0.0272. The van der Waals surface area contributed by atoms with E-state index in [-0.39, 0.29) is 18.5 Å². The highest BCUT2D eigenvalue weighted by atomic mass is 16.5. The van der Waals surface area contributed by atoms with Gasteiger partial charge in [-0.3, -0.25) is 9.78 Å². The summed E-state index contributed by atoms with van der Waals surface area (Å²) in [7, 11) is 0. The molecule has 166 valence electrons. The number of nitrogens with one attached hydrogen (secondary N) is 3. The van der Waals surface area contributed by atoms with Crippen LogP contribution >= 0.6 is 0 Å². The van der Waals surface area contributed by atoms with Crippen LogP contribution in [0.3, 0.4) is 0 Å². The van der Waals surface area contributed by atoms with E-state index in [2.05, 4.69) is 20.9 Å². The molecule has 0 fully saturated rings. The Kier molecular flexibility index (Phi) is 9.08. The summed E-state index contributed by atoms with van der Waals surface area (Å²) < 4.78 is 5.75. The fourth-order valence-corrected chi connectivity index (χ4v) is 3.11. The summed E-state index contributed by atoms with van der Waals surface area (Å²) in [6, 6.07) is 20.9. The van der Waals surface area contributed by atoms with Crippen molar-refractivity contribution in [2.75, 3.05) is 25.0 Å². The van der Waals surface area contributed by atoms with Gasteiger partial charge in [-0.25, -0.2) is 4.79 Å². The van der Waals surface area contributed by atoms with Gasteiger partial charge in [-0.05, 0) is 43.0 Å². The van der Waals surface area contributed by atoms with E-state index in [4.69, 9.17) is 4.74 Å². The molecule has 0 aliphatic heterocycles. The van der Waals surface area contributed by atoms with Crippen molar-refractivity contribution in [2.24, 2.45) is 0 Å². The SMILES string of the molecule is O=C(COc1ccccc1-c1ccccc1)NCCCCCNC(=O)Nc1ccncc1. The van der Waals surface area contributed by atoms with E-state index in [1.807, 2.05) is 54.6 Å². The number of anilines is 1. The third-order valence-corrected chi connectivity index (χ3v) is 4.73. The lowest BCUT2D eigenvalue weighted by Gasteiger charge is -2.12. The molecule has 3 aromatic rings. The van der Waals surface area contributed by atoms with E-state index in [0.29, 0.717) is 24.5 Å². The first-order valence-corrected chi connectivity index (χ1v) is 10.7. The van der Waals surface area contributed by atoms with E-state index in [1.165, 1.54) is 0 Å². The third-order valence-electron chi connectivity index (χ3n) is 4.73. The minimum Gasteiger partial charge on any atom is -0.483 e. The van der Waals surface area contributed by atoms with Crippen molar-refractivity contribution in [3.63, 3.8) is 0 Å². The maximum Gasteiger partial charge on any atom is 0.319 e. The largest absolute Gasteiger partial charge is 0.483 e. The Morgan fingerprint density at radius 2 is 1.47 bits per heavy atom. The van der Waals surface area contributed by atoms with Crippen molar-refractivity contribution in [1.82, 2.24) is 15.6 Å². The normalized spacial score (nSPS) is 10.2. The number of hydrogen-bond donors (Lipinski definition) is 3. The van der Waals surface area contributed by atoms with Gasteiger partial charge in [-0.1, -0.05) is 48.5 Å². The number of pyridine rings is 1. The molecule has 0 spiro atoms. The standard InChI is InChI=1S/C25H28N4O3/c30-24(19-32-23-12-6-5-11-22(23)20-9-3-1-4-10-20)27-15-7-2-8-16-28-25(31)29-21-13-17-26-18-14-21/h1,3-6,9-14,17-18H,2,7-8,15-16,19H2,(H,27,30)(H2,26,28,29,31). The minimum atomic E-state index is -0.238. The summed E-state index contributed by atoms with van der Waals surface area (Å²) in [5.41, 5.74) is 2.71. The molecule has 1 heterocycles. The van der Waals surface area contributed by atoms with Crippen LogP contribution in [0.25, 0.3) is 11.1 Å². The lowest BCUT2D eigenvalue weighted by molar-refractivity contribution is -0.123. The Hall–Kier alpha value is -3.87. The number of amides is 3. The molecule has 0 saturated carbocycles. The summed E-state index contributed by atoms with van der Waals surface area (Å²) in [4.78, 5) is 27.8. The molecular weight excluding hydrogens is 404 g/mol. The van der Waals surface area contributed by atoms with Crippen molar-refractivity contribution in [3.05, 3.63) is 79.1 Å². The highest BCUT2D eigenvalue weighted by Gasteiger charge is 2.08. The zero-order valence-corrected chi connectivity index (χ0v) is 17.9. The molecule has 0 atom stereocenters. The number of carbonyl (C=O) groups is 2. The van der Waals surface area contributed by atoms with Gasteiger partial charge in [0.1, 0.15) is 5.75 Å². The number of benzene rings is 2. The first-order chi connectivity index (χ1) is 15.7. The summed E-state index contributed by atoms with van der Waals surface area (Å²) in [5.74, 6) is 0.535. The van der Waals surface area contributed by atoms with Crippen LogP contribution in [0.15, 0.2) is 79.1 Å². The quantitative estimate of drug-likeness (QED) is 0.395. The van der Waals surface area contributed by atoms with E-state index < -0.39 is 0 Å². The molecule has 0 radical (unpaired) electrons. The number of urea groups is 1. The molecular formula is C25H28N4O3. The van der Waals surface area contributed by atoms with E-state index in [9.17, 15) is 9.59 Å². The summed E-state index contributed by atoms with van der Waals surface area (Å²) in [5, 5.41) is 8.42. The van der Waals surface area contributed by atoms with Crippen LogP contribution in [0.1, 0.15) is 19.3 Å². The maximum absolute atomic E-state index is 12.1. The second-order valence-corrected chi connectivity index (χ2v) is 7.18. The van der Waals surface area contributed by atoms with Gasteiger partial charge in [-0.2, -0.15) is 0 Å². The van der Waals surface area contributed by atoms with Gasteiger partial charge in [0, 0.05) is 36.7 Å². The number of para-hydroxylation sites is 1. The molecule has 2 aromatic carbocycles. The van der Waals surface area contributed by atoms with E-state index in [0.717, 1.165) is 30.4 Å². The fourth-order valence-electron chi connectivity index (χ4n) is 3.11. The summed E-state index contributed by atoms with van der Waals surface area (Å²) in [6.45, 7) is 1.12. The van der Waals surface area contributed by atoms with Crippen molar-refractivity contribution < 1.29 is 14.3 Å². The number of carbonyl (C=O) groups excluding carboxylic acids is 2. The number of aromatic nitrogens is 1. The molecule has 0 bridgehead atoms. The maximum atomic E-state index is 12.1. The third kappa shape index (κ3) is 7.75. The number of unbranched alkanes of at least 4 members (excludes halogenated alkanes) is 2. The highest BCUT2D eigenvalue weighted by Crippen LogP contribution is 2.29. The molecule has 32 heavy (non-hydrogen) atoms. The molecule has 3 rings (SSSR count). The Labute approximate surface area is 188 Å². The average Bonchev–Trinajstić information content (AvgIpc) is 2.83. The monoisotopic (exact) mass is 432 g/mol. The molecule has 0 aliphatic carbocycles. The van der Waals surface area contributed by atoms with Crippen LogP contribution in [-0.2, 0) is 4.79 Å². The molecule has 7 heteroatoms. The average molecular weight is 433 g/mol. The summed E-state index contributed by atoms with van der Waals surface area (Å²) in [6.07, 6.45) is 5.81. The molecule has 0 aliphatic rings. The smallest absolute Gasteiger partial charge is 0.319 e. The fraction of sp³-hybridized carbons (Fsp3) is 0.240. The molecule has 0 saturated heterocycles. The topological polar surface area (TPSA) is 92.4 Å². The lowest BCUT2D eigenvalue weighted by atomic mass is 10.1. The first kappa shape index (κ1) is 22.8. The van der Waals surface area contributed by atoms with Crippen LogP contribution in [0.2, 0.25) is 0 Å². The summed E-state index contributed by atoms with van der Waals surface area (Å²) >= 11 is 0. The first-order valence-electron chi connectivity index (χ1n) is 10.7. The zero-order chi connectivity index (χ0) is 22.4. The van der Waals surface area contributed by atoms with Crippen LogP contribution in [0.4, 0.5) is 10.5 Å². The Morgan fingerprint density at radius 1 is 0.781 bits per heavy atom. The molecule has 1 aromatic heterocycles. The van der Waals surface area contributed by atoms with Gasteiger partial charge in [0.05, 0.1) is 0 Å².